The standard InChI is InChI=1S/C28H39N3O3/c1-33-27-12-11-23(17-28(27)34-26-9-5-6-10-26)31-14-13-30(19-22-16-25(32)18-29-22)24(20-31)15-21-7-3-2-4-8-21/h2-4,7-8,11-12,17,22,24-26,29,32H,5-6,9-10,13-16,18-20H2,1H3/t22?,24-,25-/m0/s1. The Labute approximate surface area is 203 Å². The molecule has 1 unspecified atom stereocenters. The summed E-state index contributed by atoms with van der Waals surface area (Å²) in [5, 5.41) is 13.5. The molecule has 184 valence electrons. The van der Waals surface area contributed by atoms with E-state index in [0.717, 1.165) is 63.4 Å². The fraction of sp³-hybridized carbons (Fsp3) is 0.571. The lowest BCUT2D eigenvalue weighted by Crippen LogP contribution is -2.56. The van der Waals surface area contributed by atoms with E-state index in [-0.39, 0.29) is 6.10 Å². The number of nitrogens with zero attached hydrogens (tertiary/aromatic N) is 2. The first-order valence-electron chi connectivity index (χ1n) is 13.0. The van der Waals surface area contributed by atoms with Gasteiger partial charge in [0.05, 0.1) is 19.3 Å². The maximum absolute atomic E-state index is 9.98. The fourth-order valence-corrected chi connectivity index (χ4v) is 5.81. The maximum atomic E-state index is 9.98. The largest absolute Gasteiger partial charge is 0.493 e. The molecule has 0 spiro atoms. The van der Waals surface area contributed by atoms with Crippen LogP contribution in [0.4, 0.5) is 5.69 Å². The highest BCUT2D eigenvalue weighted by Crippen LogP contribution is 2.36. The zero-order valence-corrected chi connectivity index (χ0v) is 20.4. The lowest BCUT2D eigenvalue weighted by Gasteiger charge is -2.43. The van der Waals surface area contributed by atoms with Gasteiger partial charge in [-0.3, -0.25) is 4.90 Å². The molecule has 3 fully saturated rings. The number of piperazine rings is 1. The summed E-state index contributed by atoms with van der Waals surface area (Å²) in [5.41, 5.74) is 2.58. The number of β-amino-alcohol motifs (C(OH)–C–C–N with tert-alkyl or cyclic N) is 1. The molecule has 2 N–H and O–H groups in total. The van der Waals surface area contributed by atoms with E-state index in [1.54, 1.807) is 7.11 Å². The number of methoxy groups -OCH3 is 1. The van der Waals surface area contributed by atoms with E-state index in [1.165, 1.54) is 24.1 Å². The highest BCUT2D eigenvalue weighted by Gasteiger charge is 2.32. The number of nitrogens with one attached hydrogen (secondary N) is 1. The number of anilines is 1. The highest BCUT2D eigenvalue weighted by molar-refractivity contribution is 5.57. The molecule has 5 rings (SSSR count). The molecule has 2 heterocycles. The first kappa shape index (κ1) is 23.5. The SMILES string of the molecule is COc1ccc(N2CCN(CC3C[C@H](O)CN3)[C@@H](Cc3ccccc3)C2)cc1OC1CCCC1. The van der Waals surface area contributed by atoms with Gasteiger partial charge in [0.2, 0.25) is 0 Å². The lowest BCUT2D eigenvalue weighted by atomic mass is 10.0. The first-order chi connectivity index (χ1) is 16.7. The van der Waals surface area contributed by atoms with Crippen molar-refractivity contribution in [3.8, 4) is 11.5 Å². The second-order valence-electron chi connectivity index (χ2n) is 10.1. The van der Waals surface area contributed by atoms with Crippen molar-refractivity contribution < 1.29 is 14.6 Å². The van der Waals surface area contributed by atoms with E-state index < -0.39 is 0 Å². The smallest absolute Gasteiger partial charge is 0.163 e. The van der Waals surface area contributed by atoms with Gasteiger partial charge >= 0.3 is 0 Å². The summed E-state index contributed by atoms with van der Waals surface area (Å²) in [7, 11) is 1.72. The molecular formula is C28H39N3O3. The normalized spacial score (nSPS) is 26.2. The molecule has 3 atom stereocenters. The average molecular weight is 466 g/mol. The lowest BCUT2D eigenvalue weighted by molar-refractivity contribution is 0.152. The minimum Gasteiger partial charge on any atom is -0.493 e. The van der Waals surface area contributed by atoms with Gasteiger partial charge in [0, 0.05) is 56.6 Å². The van der Waals surface area contributed by atoms with Crippen LogP contribution in [0, 0.1) is 0 Å². The number of hydrogen-bond donors (Lipinski definition) is 2. The zero-order valence-electron chi connectivity index (χ0n) is 20.4. The zero-order chi connectivity index (χ0) is 23.3. The molecule has 2 saturated heterocycles. The summed E-state index contributed by atoms with van der Waals surface area (Å²) in [6.45, 7) is 4.66. The van der Waals surface area contributed by atoms with E-state index in [4.69, 9.17) is 9.47 Å². The molecule has 6 nitrogen and oxygen atoms in total. The first-order valence-corrected chi connectivity index (χ1v) is 13.0. The van der Waals surface area contributed by atoms with Crippen molar-refractivity contribution in [1.82, 2.24) is 10.2 Å². The number of ether oxygens (including phenoxy) is 2. The van der Waals surface area contributed by atoms with Crippen LogP contribution in [0.1, 0.15) is 37.7 Å². The molecule has 0 radical (unpaired) electrons. The third-order valence-corrected chi connectivity index (χ3v) is 7.68. The van der Waals surface area contributed by atoms with Crippen molar-refractivity contribution in [3.05, 3.63) is 54.1 Å². The molecule has 34 heavy (non-hydrogen) atoms. The van der Waals surface area contributed by atoms with E-state index in [2.05, 4.69) is 63.6 Å². The predicted molar refractivity (Wildman–Crippen MR) is 136 cm³/mol. The van der Waals surface area contributed by atoms with Crippen LogP contribution in [0.5, 0.6) is 11.5 Å². The van der Waals surface area contributed by atoms with Crippen LogP contribution < -0.4 is 19.7 Å². The van der Waals surface area contributed by atoms with Crippen LogP contribution in [0.15, 0.2) is 48.5 Å². The van der Waals surface area contributed by atoms with E-state index in [0.29, 0.717) is 24.7 Å². The van der Waals surface area contributed by atoms with Crippen LogP contribution in [-0.2, 0) is 6.42 Å². The molecule has 2 aliphatic heterocycles. The third kappa shape index (κ3) is 5.68. The molecule has 0 bridgehead atoms. The Balaban J connectivity index is 1.32. The number of benzene rings is 2. The monoisotopic (exact) mass is 465 g/mol. The van der Waals surface area contributed by atoms with Crippen molar-refractivity contribution in [3.63, 3.8) is 0 Å². The second-order valence-corrected chi connectivity index (χ2v) is 10.1. The second kappa shape index (κ2) is 11.0. The summed E-state index contributed by atoms with van der Waals surface area (Å²) in [6.07, 6.45) is 6.74. The van der Waals surface area contributed by atoms with Crippen LogP contribution in [0.25, 0.3) is 0 Å². The summed E-state index contributed by atoms with van der Waals surface area (Å²) >= 11 is 0. The number of rotatable bonds is 8. The topological polar surface area (TPSA) is 57.2 Å². The van der Waals surface area contributed by atoms with Crippen LogP contribution in [0.2, 0.25) is 0 Å². The summed E-state index contributed by atoms with van der Waals surface area (Å²) in [4.78, 5) is 5.13. The summed E-state index contributed by atoms with van der Waals surface area (Å²) in [6, 6.07) is 18.0. The van der Waals surface area contributed by atoms with Gasteiger partial charge in [0.15, 0.2) is 11.5 Å². The van der Waals surface area contributed by atoms with Crippen LogP contribution in [-0.4, -0.2) is 74.1 Å². The Kier molecular flexibility index (Phi) is 7.57. The van der Waals surface area contributed by atoms with Crippen molar-refractivity contribution in [1.29, 1.82) is 0 Å². The van der Waals surface area contributed by atoms with Crippen molar-refractivity contribution in [2.75, 3.05) is 44.7 Å². The van der Waals surface area contributed by atoms with Gasteiger partial charge in [0.1, 0.15) is 0 Å². The van der Waals surface area contributed by atoms with Crippen molar-refractivity contribution in [2.24, 2.45) is 0 Å². The van der Waals surface area contributed by atoms with Gasteiger partial charge in [0.25, 0.3) is 0 Å². The van der Waals surface area contributed by atoms with Crippen molar-refractivity contribution >= 4 is 5.69 Å². The Hall–Kier alpha value is -2.28. The van der Waals surface area contributed by atoms with Gasteiger partial charge in [-0.2, -0.15) is 0 Å². The third-order valence-electron chi connectivity index (χ3n) is 7.68. The van der Waals surface area contributed by atoms with E-state index >= 15 is 0 Å². The minimum atomic E-state index is -0.212. The molecular weight excluding hydrogens is 426 g/mol. The van der Waals surface area contributed by atoms with Gasteiger partial charge in [-0.05, 0) is 56.2 Å². The molecule has 0 aromatic heterocycles. The summed E-state index contributed by atoms with van der Waals surface area (Å²) < 4.78 is 12.0. The molecule has 6 heteroatoms. The Morgan fingerprint density at radius 2 is 1.85 bits per heavy atom. The number of aliphatic hydroxyl groups is 1. The summed E-state index contributed by atoms with van der Waals surface area (Å²) in [5.74, 6) is 1.69. The maximum Gasteiger partial charge on any atom is 0.163 e. The number of aliphatic hydroxyl groups excluding tert-OH is 1. The van der Waals surface area contributed by atoms with Gasteiger partial charge < -0.3 is 24.8 Å². The van der Waals surface area contributed by atoms with Crippen molar-refractivity contribution in [2.45, 2.75) is 62.8 Å². The van der Waals surface area contributed by atoms with Crippen LogP contribution >= 0.6 is 0 Å². The Bertz CT molecular complexity index is 918. The van der Waals surface area contributed by atoms with E-state index in [9.17, 15) is 5.11 Å². The number of hydrogen-bond acceptors (Lipinski definition) is 6. The molecule has 2 aromatic rings. The van der Waals surface area contributed by atoms with Gasteiger partial charge in [-0.15, -0.1) is 0 Å². The Morgan fingerprint density at radius 3 is 2.59 bits per heavy atom. The quantitative estimate of drug-likeness (QED) is 0.623. The fourth-order valence-electron chi connectivity index (χ4n) is 5.81. The molecule has 0 amide bonds. The molecule has 3 aliphatic rings. The van der Waals surface area contributed by atoms with Crippen LogP contribution in [0.3, 0.4) is 0 Å². The Morgan fingerprint density at radius 1 is 1.03 bits per heavy atom. The predicted octanol–water partition coefficient (Wildman–Crippen LogP) is 3.47. The average Bonchev–Trinajstić information content (AvgIpc) is 3.52. The minimum absolute atomic E-state index is 0.212. The highest BCUT2D eigenvalue weighted by atomic mass is 16.5. The van der Waals surface area contributed by atoms with Gasteiger partial charge in [-0.1, -0.05) is 30.3 Å². The molecule has 2 aromatic carbocycles. The molecule has 1 saturated carbocycles. The molecule has 1 aliphatic carbocycles. The van der Waals surface area contributed by atoms with E-state index in [1.807, 2.05) is 0 Å². The van der Waals surface area contributed by atoms with Gasteiger partial charge in [-0.25, -0.2) is 0 Å².